The Hall–Kier alpha value is -1.58. The second-order valence-electron chi connectivity index (χ2n) is 4.89. The van der Waals surface area contributed by atoms with Gasteiger partial charge < -0.3 is 10.3 Å². The lowest BCUT2D eigenvalue weighted by Gasteiger charge is -2.05. The van der Waals surface area contributed by atoms with Gasteiger partial charge in [0, 0.05) is 28.9 Å². The van der Waals surface area contributed by atoms with Crippen LogP contribution in [0.5, 0.6) is 0 Å². The van der Waals surface area contributed by atoms with Gasteiger partial charge in [0.2, 0.25) is 0 Å². The van der Waals surface area contributed by atoms with Crippen molar-refractivity contribution in [2.45, 2.75) is 25.4 Å². The number of H-pyrrole nitrogens is 1. The van der Waals surface area contributed by atoms with E-state index in [9.17, 15) is 4.79 Å². The summed E-state index contributed by atoms with van der Waals surface area (Å²) in [6.45, 7) is 0.640. The van der Waals surface area contributed by atoms with Gasteiger partial charge in [-0.1, -0.05) is 29.8 Å². The smallest absolute Gasteiger partial charge is 0.252 e. The average Bonchev–Trinajstić information content (AvgIpc) is 3.22. The van der Waals surface area contributed by atoms with Crippen molar-refractivity contribution in [2.24, 2.45) is 0 Å². The highest BCUT2D eigenvalue weighted by Gasteiger charge is 2.20. The molecule has 3 rings (SSSR count). The zero-order valence-corrected chi connectivity index (χ0v) is 11.2. The first-order valence-electron chi connectivity index (χ1n) is 6.44. The van der Waals surface area contributed by atoms with E-state index >= 15 is 0 Å². The third-order valence-corrected chi connectivity index (χ3v) is 3.56. The number of rotatable bonds is 4. The molecule has 0 unspecified atom stereocenters. The summed E-state index contributed by atoms with van der Waals surface area (Å²) in [5, 5.41) is 4.03. The molecule has 2 aromatic rings. The van der Waals surface area contributed by atoms with E-state index in [0.717, 1.165) is 16.8 Å². The molecule has 19 heavy (non-hydrogen) atoms. The standard InChI is InChI=1S/C15H15ClN2O/c16-12-4-1-10(2-5-12)14-8-3-11(15(19)18-14)9-17-13-6-7-13/h1-5,8,13,17H,6-7,9H2,(H,18,19). The molecule has 3 nitrogen and oxygen atoms in total. The molecule has 1 saturated carbocycles. The van der Waals surface area contributed by atoms with Crippen LogP contribution >= 0.6 is 11.6 Å². The third-order valence-electron chi connectivity index (χ3n) is 3.30. The molecule has 1 aliphatic rings. The maximum Gasteiger partial charge on any atom is 0.252 e. The van der Waals surface area contributed by atoms with Crippen molar-refractivity contribution in [3.63, 3.8) is 0 Å². The zero-order valence-electron chi connectivity index (χ0n) is 10.4. The van der Waals surface area contributed by atoms with Crippen LogP contribution < -0.4 is 10.9 Å². The highest BCUT2D eigenvalue weighted by Crippen LogP contribution is 2.20. The van der Waals surface area contributed by atoms with Crippen molar-refractivity contribution < 1.29 is 0 Å². The SMILES string of the molecule is O=c1[nH]c(-c2ccc(Cl)cc2)ccc1CNC1CC1. The van der Waals surface area contributed by atoms with Crippen LogP contribution in [0.25, 0.3) is 11.3 Å². The van der Waals surface area contributed by atoms with Gasteiger partial charge in [0.15, 0.2) is 0 Å². The Labute approximate surface area is 116 Å². The van der Waals surface area contributed by atoms with Crippen LogP contribution in [0.1, 0.15) is 18.4 Å². The Bertz CT molecular complexity index is 629. The number of benzene rings is 1. The molecule has 1 aliphatic carbocycles. The number of aromatic nitrogens is 1. The first-order chi connectivity index (χ1) is 9.22. The Morgan fingerprint density at radius 1 is 1.16 bits per heavy atom. The zero-order chi connectivity index (χ0) is 13.2. The highest BCUT2D eigenvalue weighted by atomic mass is 35.5. The fourth-order valence-electron chi connectivity index (χ4n) is 1.98. The predicted octanol–water partition coefficient (Wildman–Crippen LogP) is 2.95. The van der Waals surface area contributed by atoms with Gasteiger partial charge >= 0.3 is 0 Å². The summed E-state index contributed by atoms with van der Waals surface area (Å²) in [5.41, 5.74) is 2.53. The van der Waals surface area contributed by atoms with Gasteiger partial charge in [-0.3, -0.25) is 4.79 Å². The minimum absolute atomic E-state index is 0.0272. The van der Waals surface area contributed by atoms with E-state index in [0.29, 0.717) is 17.6 Å². The molecular formula is C15H15ClN2O. The fourth-order valence-corrected chi connectivity index (χ4v) is 2.11. The molecular weight excluding hydrogens is 260 g/mol. The maximum atomic E-state index is 12.0. The van der Waals surface area contributed by atoms with Gasteiger partial charge in [0.05, 0.1) is 0 Å². The van der Waals surface area contributed by atoms with Gasteiger partial charge in [-0.25, -0.2) is 0 Å². The molecule has 4 heteroatoms. The largest absolute Gasteiger partial charge is 0.322 e. The van der Waals surface area contributed by atoms with Crippen LogP contribution in [0.15, 0.2) is 41.2 Å². The summed E-state index contributed by atoms with van der Waals surface area (Å²) >= 11 is 5.85. The molecule has 1 fully saturated rings. The van der Waals surface area contributed by atoms with Gasteiger partial charge in [0.25, 0.3) is 5.56 Å². The monoisotopic (exact) mass is 274 g/mol. The van der Waals surface area contributed by atoms with E-state index in [2.05, 4.69) is 10.3 Å². The quantitative estimate of drug-likeness (QED) is 0.900. The number of pyridine rings is 1. The Kier molecular flexibility index (Phi) is 3.40. The average molecular weight is 275 g/mol. The van der Waals surface area contributed by atoms with Gasteiger partial charge in [0.1, 0.15) is 0 Å². The van der Waals surface area contributed by atoms with Crippen LogP contribution in [0, 0.1) is 0 Å². The molecule has 2 N–H and O–H groups in total. The predicted molar refractivity (Wildman–Crippen MR) is 77.4 cm³/mol. The van der Waals surface area contributed by atoms with Crippen molar-refractivity contribution in [1.29, 1.82) is 0 Å². The summed E-state index contributed by atoms with van der Waals surface area (Å²) in [4.78, 5) is 14.9. The van der Waals surface area contributed by atoms with Crippen molar-refractivity contribution >= 4 is 11.6 Å². The third kappa shape index (κ3) is 3.06. The number of hydrogen-bond acceptors (Lipinski definition) is 2. The minimum atomic E-state index is -0.0272. The lowest BCUT2D eigenvalue weighted by atomic mass is 10.1. The molecule has 0 amide bonds. The molecule has 1 aromatic heterocycles. The van der Waals surface area contributed by atoms with E-state index in [1.54, 1.807) is 0 Å². The Morgan fingerprint density at radius 3 is 2.53 bits per heavy atom. The van der Waals surface area contributed by atoms with Crippen LogP contribution in [-0.2, 0) is 6.54 Å². The van der Waals surface area contributed by atoms with Crippen molar-refractivity contribution in [3.05, 3.63) is 57.3 Å². The lowest BCUT2D eigenvalue weighted by Crippen LogP contribution is -2.22. The lowest BCUT2D eigenvalue weighted by molar-refractivity contribution is 0.682. The first-order valence-corrected chi connectivity index (χ1v) is 6.82. The molecule has 1 aromatic carbocycles. The van der Waals surface area contributed by atoms with Gasteiger partial charge in [-0.2, -0.15) is 0 Å². The molecule has 0 atom stereocenters. The minimum Gasteiger partial charge on any atom is -0.322 e. The summed E-state index contributed by atoms with van der Waals surface area (Å²) in [7, 11) is 0. The molecule has 0 aliphatic heterocycles. The highest BCUT2D eigenvalue weighted by molar-refractivity contribution is 6.30. The van der Waals surface area contributed by atoms with Crippen molar-refractivity contribution in [3.8, 4) is 11.3 Å². The summed E-state index contributed by atoms with van der Waals surface area (Å²) in [6.07, 6.45) is 2.45. The van der Waals surface area contributed by atoms with E-state index in [-0.39, 0.29) is 5.56 Å². The normalized spacial score (nSPS) is 14.6. The van der Waals surface area contributed by atoms with Gasteiger partial charge in [-0.15, -0.1) is 0 Å². The summed E-state index contributed by atoms with van der Waals surface area (Å²) < 4.78 is 0. The summed E-state index contributed by atoms with van der Waals surface area (Å²) in [6, 6.07) is 11.9. The second kappa shape index (κ2) is 5.19. The molecule has 98 valence electrons. The molecule has 0 radical (unpaired) electrons. The molecule has 1 heterocycles. The maximum absolute atomic E-state index is 12.0. The molecule has 0 bridgehead atoms. The van der Waals surface area contributed by atoms with Crippen LogP contribution in [0.3, 0.4) is 0 Å². The molecule has 0 saturated heterocycles. The topological polar surface area (TPSA) is 44.9 Å². The van der Waals surface area contributed by atoms with Crippen molar-refractivity contribution in [1.82, 2.24) is 10.3 Å². The van der Waals surface area contributed by atoms with E-state index in [1.165, 1.54) is 12.8 Å². The fraction of sp³-hybridized carbons (Fsp3) is 0.267. The van der Waals surface area contributed by atoms with Crippen LogP contribution in [0.4, 0.5) is 0 Å². The van der Waals surface area contributed by atoms with E-state index in [4.69, 9.17) is 11.6 Å². The van der Waals surface area contributed by atoms with Crippen LogP contribution in [0.2, 0.25) is 5.02 Å². The van der Waals surface area contributed by atoms with E-state index in [1.807, 2.05) is 36.4 Å². The van der Waals surface area contributed by atoms with Crippen molar-refractivity contribution in [2.75, 3.05) is 0 Å². The van der Waals surface area contributed by atoms with Gasteiger partial charge in [-0.05, 0) is 36.6 Å². The second-order valence-corrected chi connectivity index (χ2v) is 5.32. The first kappa shape index (κ1) is 12.5. The number of hydrogen-bond donors (Lipinski definition) is 2. The Balaban J connectivity index is 1.81. The number of nitrogens with one attached hydrogen (secondary N) is 2. The van der Waals surface area contributed by atoms with Crippen LogP contribution in [-0.4, -0.2) is 11.0 Å². The number of halogens is 1. The Morgan fingerprint density at radius 2 is 1.89 bits per heavy atom. The number of aromatic amines is 1. The van der Waals surface area contributed by atoms with E-state index < -0.39 is 0 Å². The molecule has 0 spiro atoms. The summed E-state index contributed by atoms with van der Waals surface area (Å²) in [5.74, 6) is 0.